The minimum atomic E-state index is -0.343. The van der Waals surface area contributed by atoms with Gasteiger partial charge in [-0.15, -0.1) is 0 Å². The lowest BCUT2D eigenvalue weighted by Gasteiger charge is -2.06. The van der Waals surface area contributed by atoms with Gasteiger partial charge < -0.3 is 9.72 Å². The van der Waals surface area contributed by atoms with Crippen molar-refractivity contribution >= 4 is 15.9 Å². The number of nitrogens with one attached hydrogen (secondary N) is 1. The van der Waals surface area contributed by atoms with Crippen molar-refractivity contribution < 1.29 is 4.74 Å². The fourth-order valence-electron chi connectivity index (χ4n) is 1.19. The molecule has 2 aromatic rings. The van der Waals surface area contributed by atoms with Crippen LogP contribution in [0.4, 0.5) is 0 Å². The molecular formula is C11H6BrN3O2. The molecule has 5 nitrogen and oxygen atoms in total. The number of hydrogen-bond donors (Lipinski definition) is 1. The average molecular weight is 292 g/mol. The molecule has 6 heteroatoms. The first kappa shape index (κ1) is 11.4. The van der Waals surface area contributed by atoms with E-state index in [1.54, 1.807) is 24.3 Å². The molecule has 0 amide bonds. The van der Waals surface area contributed by atoms with Crippen LogP contribution in [0.1, 0.15) is 5.56 Å². The zero-order valence-corrected chi connectivity index (χ0v) is 10.1. The van der Waals surface area contributed by atoms with Gasteiger partial charge in [0.05, 0.1) is 11.9 Å². The molecule has 17 heavy (non-hydrogen) atoms. The minimum Gasteiger partial charge on any atom is -0.436 e. The Labute approximate surface area is 105 Å². The van der Waals surface area contributed by atoms with Crippen LogP contribution in [0.15, 0.2) is 39.9 Å². The third-order valence-corrected chi connectivity index (χ3v) is 2.68. The van der Waals surface area contributed by atoms with Crippen molar-refractivity contribution in [2.24, 2.45) is 0 Å². The number of nitriles is 1. The molecule has 1 heterocycles. The maximum Gasteiger partial charge on any atom is 0.268 e. The smallest absolute Gasteiger partial charge is 0.268 e. The average Bonchev–Trinajstić information content (AvgIpc) is 2.35. The first-order chi connectivity index (χ1) is 8.22. The van der Waals surface area contributed by atoms with Crippen LogP contribution in [0.5, 0.6) is 11.6 Å². The quantitative estimate of drug-likeness (QED) is 0.920. The molecule has 0 spiro atoms. The highest BCUT2D eigenvalue weighted by atomic mass is 79.9. The second kappa shape index (κ2) is 4.80. The van der Waals surface area contributed by atoms with Gasteiger partial charge in [-0.1, -0.05) is 12.1 Å². The number of hydrogen-bond acceptors (Lipinski definition) is 4. The Morgan fingerprint density at radius 2 is 2.18 bits per heavy atom. The van der Waals surface area contributed by atoms with Gasteiger partial charge in [0.25, 0.3) is 5.56 Å². The van der Waals surface area contributed by atoms with E-state index < -0.39 is 0 Å². The summed E-state index contributed by atoms with van der Waals surface area (Å²) >= 11 is 3.07. The summed E-state index contributed by atoms with van der Waals surface area (Å²) in [5.41, 5.74) is 0.0333. The Hall–Kier alpha value is -2.13. The van der Waals surface area contributed by atoms with E-state index in [0.717, 1.165) is 0 Å². The minimum absolute atomic E-state index is 0.122. The van der Waals surface area contributed by atoms with Crippen molar-refractivity contribution in [1.29, 1.82) is 5.26 Å². The Morgan fingerprint density at radius 1 is 1.41 bits per heavy atom. The number of aromatic nitrogens is 2. The first-order valence-corrected chi connectivity index (χ1v) is 5.42. The van der Waals surface area contributed by atoms with E-state index in [4.69, 9.17) is 10.00 Å². The molecule has 0 aliphatic rings. The highest BCUT2D eigenvalue weighted by Crippen LogP contribution is 2.26. The van der Waals surface area contributed by atoms with Gasteiger partial charge >= 0.3 is 0 Å². The normalized spacial score (nSPS) is 9.65. The predicted octanol–water partition coefficient (Wildman–Crippen LogP) is 2.20. The van der Waals surface area contributed by atoms with E-state index in [9.17, 15) is 4.79 Å². The number of halogens is 1. The Kier molecular flexibility index (Phi) is 3.21. The van der Waals surface area contributed by atoms with Crippen LogP contribution in [0.25, 0.3) is 0 Å². The number of para-hydroxylation sites is 1. The van der Waals surface area contributed by atoms with Gasteiger partial charge in [0, 0.05) is 0 Å². The molecule has 0 saturated heterocycles. The van der Waals surface area contributed by atoms with Gasteiger partial charge in [0.2, 0.25) is 5.88 Å². The standard InChI is InChI=1S/C11H6BrN3O2/c12-9-10(16)14-6-15-11(9)17-8-4-2-1-3-7(8)5-13/h1-4,6H,(H,14,15,16). The van der Waals surface area contributed by atoms with E-state index >= 15 is 0 Å². The number of benzene rings is 1. The molecule has 84 valence electrons. The first-order valence-electron chi connectivity index (χ1n) is 4.62. The molecule has 0 fully saturated rings. The summed E-state index contributed by atoms with van der Waals surface area (Å²) in [5, 5.41) is 8.89. The van der Waals surface area contributed by atoms with Crippen LogP contribution in [0.2, 0.25) is 0 Å². The second-order valence-corrected chi connectivity index (χ2v) is 3.85. The van der Waals surface area contributed by atoms with Gasteiger partial charge in [-0.05, 0) is 28.1 Å². The van der Waals surface area contributed by atoms with Crippen molar-refractivity contribution in [1.82, 2.24) is 9.97 Å². The maximum atomic E-state index is 11.3. The molecule has 1 N–H and O–H groups in total. The Morgan fingerprint density at radius 3 is 2.94 bits per heavy atom. The summed E-state index contributed by atoms with van der Waals surface area (Å²) < 4.78 is 5.60. The van der Waals surface area contributed by atoms with Gasteiger partial charge in [-0.2, -0.15) is 5.26 Å². The monoisotopic (exact) mass is 291 g/mol. The van der Waals surface area contributed by atoms with Crippen LogP contribution in [-0.2, 0) is 0 Å². The fraction of sp³-hybridized carbons (Fsp3) is 0. The highest BCUT2D eigenvalue weighted by Gasteiger charge is 2.10. The molecule has 0 atom stereocenters. The molecule has 0 aliphatic heterocycles. The number of rotatable bonds is 2. The molecule has 0 bridgehead atoms. The summed E-state index contributed by atoms with van der Waals surface area (Å²) in [4.78, 5) is 17.6. The molecule has 1 aromatic carbocycles. The summed E-state index contributed by atoms with van der Waals surface area (Å²) in [5.74, 6) is 0.477. The van der Waals surface area contributed by atoms with E-state index in [0.29, 0.717) is 11.3 Å². The Bertz CT molecular complexity index is 646. The van der Waals surface area contributed by atoms with E-state index in [-0.39, 0.29) is 15.9 Å². The fourth-order valence-corrected chi connectivity index (χ4v) is 1.49. The van der Waals surface area contributed by atoms with Crippen LogP contribution < -0.4 is 10.3 Å². The van der Waals surface area contributed by atoms with Crippen molar-refractivity contribution in [3.63, 3.8) is 0 Å². The van der Waals surface area contributed by atoms with Crippen molar-refractivity contribution in [2.45, 2.75) is 0 Å². The summed E-state index contributed by atoms with van der Waals surface area (Å²) in [6.45, 7) is 0. The summed E-state index contributed by atoms with van der Waals surface area (Å²) in [6.07, 6.45) is 1.23. The third-order valence-electron chi connectivity index (χ3n) is 1.98. The summed E-state index contributed by atoms with van der Waals surface area (Å²) in [7, 11) is 0. The van der Waals surface area contributed by atoms with Crippen LogP contribution >= 0.6 is 15.9 Å². The SMILES string of the molecule is N#Cc1ccccc1Oc1nc[nH]c(=O)c1Br. The lowest BCUT2D eigenvalue weighted by atomic mass is 10.2. The molecule has 1 aromatic heterocycles. The van der Waals surface area contributed by atoms with Crippen LogP contribution in [0.3, 0.4) is 0 Å². The predicted molar refractivity (Wildman–Crippen MR) is 63.8 cm³/mol. The molecule has 0 unspecified atom stereocenters. The van der Waals surface area contributed by atoms with Crippen LogP contribution in [-0.4, -0.2) is 9.97 Å². The van der Waals surface area contributed by atoms with Crippen LogP contribution in [0, 0.1) is 11.3 Å². The van der Waals surface area contributed by atoms with E-state index in [1.165, 1.54) is 6.33 Å². The third kappa shape index (κ3) is 2.34. The maximum absolute atomic E-state index is 11.3. The molecule has 0 aliphatic carbocycles. The van der Waals surface area contributed by atoms with Crippen molar-refractivity contribution in [3.05, 3.63) is 51.0 Å². The number of nitrogens with zero attached hydrogens (tertiary/aromatic N) is 2. The van der Waals surface area contributed by atoms with Crippen molar-refractivity contribution in [2.75, 3.05) is 0 Å². The zero-order valence-electron chi connectivity index (χ0n) is 8.48. The van der Waals surface area contributed by atoms with Gasteiger partial charge in [-0.3, -0.25) is 4.79 Å². The number of H-pyrrole nitrogens is 1. The highest BCUT2D eigenvalue weighted by molar-refractivity contribution is 9.10. The van der Waals surface area contributed by atoms with E-state index in [2.05, 4.69) is 25.9 Å². The number of aromatic amines is 1. The van der Waals surface area contributed by atoms with Gasteiger partial charge in [0.15, 0.2) is 0 Å². The lowest BCUT2D eigenvalue weighted by molar-refractivity contribution is 0.455. The van der Waals surface area contributed by atoms with Crippen molar-refractivity contribution in [3.8, 4) is 17.7 Å². The number of ether oxygens (including phenoxy) is 1. The second-order valence-electron chi connectivity index (χ2n) is 3.06. The lowest BCUT2D eigenvalue weighted by Crippen LogP contribution is -2.08. The molecule has 2 rings (SSSR count). The Balaban J connectivity index is 2.42. The molecule has 0 radical (unpaired) electrons. The zero-order chi connectivity index (χ0) is 12.3. The van der Waals surface area contributed by atoms with Gasteiger partial charge in [0.1, 0.15) is 16.3 Å². The van der Waals surface area contributed by atoms with E-state index in [1.807, 2.05) is 6.07 Å². The molecular weight excluding hydrogens is 286 g/mol. The molecule has 0 saturated carbocycles. The topological polar surface area (TPSA) is 78.8 Å². The largest absolute Gasteiger partial charge is 0.436 e. The summed E-state index contributed by atoms with van der Waals surface area (Å²) in [6, 6.07) is 8.71. The van der Waals surface area contributed by atoms with Gasteiger partial charge in [-0.25, -0.2) is 4.98 Å².